The largest absolute Gasteiger partial charge is 0.298 e. The summed E-state index contributed by atoms with van der Waals surface area (Å²) in [7, 11) is 0. The van der Waals surface area contributed by atoms with Crippen LogP contribution in [0.25, 0.3) is 0 Å². The number of rotatable bonds is 2. The predicted molar refractivity (Wildman–Crippen MR) is 43.4 cm³/mol. The van der Waals surface area contributed by atoms with Gasteiger partial charge in [-0.15, -0.1) is 11.3 Å². The molecule has 0 saturated heterocycles. The van der Waals surface area contributed by atoms with Crippen molar-refractivity contribution < 1.29 is 4.79 Å². The first-order valence-electron chi connectivity index (χ1n) is 3.19. The Morgan fingerprint density at radius 3 is 2.91 bits per heavy atom. The van der Waals surface area contributed by atoms with Crippen LogP contribution in [0.3, 0.4) is 0 Å². The van der Waals surface area contributed by atoms with E-state index in [0.29, 0.717) is 0 Å². The van der Waals surface area contributed by atoms with Gasteiger partial charge in [-0.1, -0.05) is 6.07 Å². The van der Waals surface area contributed by atoms with Crippen LogP contribution in [0.5, 0.6) is 0 Å². The Labute approximate surface area is 69.1 Å². The molecule has 1 aromatic heterocycles. The molecule has 1 rings (SSSR count). The molecule has 0 aliphatic carbocycles. The maximum Gasteiger partial charge on any atom is 0.152 e. The van der Waals surface area contributed by atoms with Gasteiger partial charge in [-0.05, 0) is 18.4 Å². The van der Waals surface area contributed by atoms with Gasteiger partial charge in [-0.25, -0.2) is 0 Å². The fourth-order valence-electron chi connectivity index (χ4n) is 0.810. The first-order valence-corrected chi connectivity index (χ1v) is 4.07. The summed E-state index contributed by atoms with van der Waals surface area (Å²) in [6, 6.07) is 5.61. The maximum atomic E-state index is 10.9. The van der Waals surface area contributed by atoms with E-state index in [1.54, 1.807) is 6.07 Å². The van der Waals surface area contributed by atoms with Gasteiger partial charge in [0.2, 0.25) is 0 Å². The van der Waals surface area contributed by atoms with Crippen LogP contribution in [0.2, 0.25) is 0 Å². The number of hydrogen-bond donors (Lipinski definition) is 0. The topological polar surface area (TPSA) is 40.9 Å². The summed E-state index contributed by atoms with van der Waals surface area (Å²) >= 11 is 1.44. The van der Waals surface area contributed by atoms with Crippen LogP contribution in [-0.4, -0.2) is 5.78 Å². The molecule has 0 aromatic carbocycles. The minimum atomic E-state index is -0.560. The molecule has 1 aromatic rings. The highest BCUT2D eigenvalue weighted by Gasteiger charge is 2.15. The molecule has 56 valence electrons. The van der Waals surface area contributed by atoms with Gasteiger partial charge in [-0.2, -0.15) is 5.26 Å². The van der Waals surface area contributed by atoms with Crippen LogP contribution in [0, 0.1) is 11.3 Å². The number of ketones is 1. The molecule has 2 nitrogen and oxygen atoms in total. The summed E-state index contributed by atoms with van der Waals surface area (Å²) < 4.78 is 0. The lowest BCUT2D eigenvalue weighted by atomic mass is 10.1. The molecule has 0 aliphatic rings. The van der Waals surface area contributed by atoms with Gasteiger partial charge in [0.15, 0.2) is 5.78 Å². The molecule has 0 unspecified atom stereocenters. The summed E-state index contributed by atoms with van der Waals surface area (Å²) in [6.07, 6.45) is 0. The third-order valence-electron chi connectivity index (χ3n) is 1.36. The van der Waals surface area contributed by atoms with Crippen molar-refractivity contribution in [1.82, 2.24) is 0 Å². The SMILES string of the molecule is CC(=O)[C@H](C#N)c1cccs1. The second-order valence-electron chi connectivity index (χ2n) is 2.19. The van der Waals surface area contributed by atoms with Gasteiger partial charge in [0.25, 0.3) is 0 Å². The second kappa shape index (κ2) is 3.31. The van der Waals surface area contributed by atoms with E-state index in [0.717, 1.165) is 4.88 Å². The van der Waals surface area contributed by atoms with Gasteiger partial charge >= 0.3 is 0 Å². The highest BCUT2D eigenvalue weighted by atomic mass is 32.1. The second-order valence-corrected chi connectivity index (χ2v) is 3.17. The lowest BCUT2D eigenvalue weighted by Gasteiger charge is -1.98. The van der Waals surface area contributed by atoms with E-state index in [4.69, 9.17) is 5.26 Å². The van der Waals surface area contributed by atoms with Crippen molar-refractivity contribution in [3.05, 3.63) is 22.4 Å². The standard InChI is InChI=1S/C8H7NOS/c1-6(10)7(5-9)8-3-2-4-11-8/h2-4,7H,1H3/t7-/m0/s1. The molecule has 0 radical (unpaired) electrons. The van der Waals surface area contributed by atoms with Crippen molar-refractivity contribution in [3.8, 4) is 6.07 Å². The Morgan fingerprint density at radius 1 is 1.82 bits per heavy atom. The zero-order valence-electron chi connectivity index (χ0n) is 6.07. The first-order chi connectivity index (χ1) is 5.25. The van der Waals surface area contributed by atoms with E-state index in [1.807, 2.05) is 17.5 Å². The summed E-state index contributed by atoms with van der Waals surface area (Å²) in [6.45, 7) is 1.44. The number of nitrogens with zero attached hydrogens (tertiary/aromatic N) is 1. The summed E-state index contributed by atoms with van der Waals surface area (Å²) in [5, 5.41) is 10.5. The van der Waals surface area contributed by atoms with Gasteiger partial charge < -0.3 is 0 Å². The van der Waals surface area contributed by atoms with Crippen molar-refractivity contribution in [1.29, 1.82) is 5.26 Å². The van der Waals surface area contributed by atoms with Crippen LogP contribution in [0.1, 0.15) is 17.7 Å². The quantitative estimate of drug-likeness (QED) is 0.672. The molecule has 0 spiro atoms. The monoisotopic (exact) mass is 165 g/mol. The van der Waals surface area contributed by atoms with E-state index in [9.17, 15) is 4.79 Å². The van der Waals surface area contributed by atoms with Crippen LogP contribution in [0.15, 0.2) is 17.5 Å². The van der Waals surface area contributed by atoms with Gasteiger partial charge in [-0.3, -0.25) is 4.79 Å². The molecule has 3 heteroatoms. The van der Waals surface area contributed by atoms with E-state index in [1.165, 1.54) is 18.3 Å². The number of hydrogen-bond acceptors (Lipinski definition) is 3. The normalized spacial score (nSPS) is 12.0. The van der Waals surface area contributed by atoms with Crippen molar-refractivity contribution >= 4 is 17.1 Å². The van der Waals surface area contributed by atoms with Crippen molar-refractivity contribution in [2.24, 2.45) is 0 Å². The molecule has 1 atom stereocenters. The fourth-order valence-corrected chi connectivity index (χ4v) is 1.64. The molecule has 0 fully saturated rings. The third-order valence-corrected chi connectivity index (χ3v) is 2.30. The average molecular weight is 165 g/mol. The number of thiophene rings is 1. The Morgan fingerprint density at radius 2 is 2.55 bits per heavy atom. The Bertz CT molecular complexity index is 284. The molecule has 0 amide bonds. The lowest BCUT2D eigenvalue weighted by Crippen LogP contribution is -2.03. The maximum absolute atomic E-state index is 10.9. The zero-order chi connectivity index (χ0) is 8.27. The Hall–Kier alpha value is -1.14. The minimum Gasteiger partial charge on any atom is -0.298 e. The molecule has 0 bridgehead atoms. The Kier molecular flexibility index (Phi) is 2.40. The third kappa shape index (κ3) is 1.66. The van der Waals surface area contributed by atoms with Crippen molar-refractivity contribution in [3.63, 3.8) is 0 Å². The molecule has 0 saturated carbocycles. The van der Waals surface area contributed by atoms with E-state index < -0.39 is 5.92 Å². The van der Waals surface area contributed by atoms with Gasteiger partial charge in [0.05, 0.1) is 6.07 Å². The molecule has 0 N–H and O–H groups in total. The number of Topliss-reactive ketones (excluding diaryl/α,β-unsaturated/α-hetero) is 1. The molecular weight excluding hydrogens is 158 g/mol. The summed E-state index contributed by atoms with van der Waals surface area (Å²) in [4.78, 5) is 11.7. The van der Waals surface area contributed by atoms with Gasteiger partial charge in [0, 0.05) is 4.88 Å². The number of carbonyl (C=O) groups excluding carboxylic acids is 1. The highest BCUT2D eigenvalue weighted by Crippen LogP contribution is 2.20. The fraction of sp³-hybridized carbons (Fsp3) is 0.250. The van der Waals surface area contributed by atoms with E-state index >= 15 is 0 Å². The molecular formula is C8H7NOS. The van der Waals surface area contributed by atoms with Crippen LogP contribution < -0.4 is 0 Å². The van der Waals surface area contributed by atoms with E-state index in [-0.39, 0.29) is 5.78 Å². The first kappa shape index (κ1) is 7.96. The van der Waals surface area contributed by atoms with Crippen molar-refractivity contribution in [2.75, 3.05) is 0 Å². The molecule has 0 aliphatic heterocycles. The van der Waals surface area contributed by atoms with Crippen LogP contribution >= 0.6 is 11.3 Å². The highest BCUT2D eigenvalue weighted by molar-refractivity contribution is 7.10. The summed E-state index contributed by atoms with van der Waals surface area (Å²) in [5.74, 6) is -0.648. The Balaban J connectivity index is 2.91. The van der Waals surface area contributed by atoms with Crippen LogP contribution in [0.4, 0.5) is 0 Å². The summed E-state index contributed by atoms with van der Waals surface area (Å²) in [5.41, 5.74) is 0. The van der Waals surface area contributed by atoms with Gasteiger partial charge in [0.1, 0.15) is 5.92 Å². The zero-order valence-corrected chi connectivity index (χ0v) is 6.89. The van der Waals surface area contributed by atoms with Crippen LogP contribution in [-0.2, 0) is 4.79 Å². The lowest BCUT2D eigenvalue weighted by molar-refractivity contribution is -0.117. The number of carbonyl (C=O) groups is 1. The molecule has 11 heavy (non-hydrogen) atoms. The minimum absolute atomic E-state index is 0.0880. The average Bonchev–Trinajstić information content (AvgIpc) is 2.40. The molecule has 1 heterocycles. The number of nitriles is 1. The smallest absolute Gasteiger partial charge is 0.152 e. The predicted octanol–water partition coefficient (Wildman–Crippen LogP) is 1.94. The van der Waals surface area contributed by atoms with Crippen molar-refractivity contribution in [2.45, 2.75) is 12.8 Å². The van der Waals surface area contributed by atoms with E-state index in [2.05, 4.69) is 0 Å².